The topological polar surface area (TPSA) is 109 Å². The van der Waals surface area contributed by atoms with Gasteiger partial charge in [0.25, 0.3) is 17.7 Å². The number of nitrogens with zero attached hydrogens (tertiary/aromatic N) is 2. The van der Waals surface area contributed by atoms with Crippen LogP contribution in [0, 0.1) is 5.92 Å². The van der Waals surface area contributed by atoms with Crippen LogP contribution in [0.4, 0.5) is 0 Å². The van der Waals surface area contributed by atoms with Gasteiger partial charge in [-0.15, -0.1) is 0 Å². The Kier molecular flexibility index (Phi) is 10.3. The SMILES string of the molecule is CC(C)C(NC(=O)c1ccc(Cl)cc1)C(=O)N/N=C\c1cc(Br)ccc1OCC(=O)N1CCOCC1. The molecule has 0 radical (unpaired) electrons. The first kappa shape index (κ1) is 27.6. The largest absolute Gasteiger partial charge is 0.483 e. The Hall–Kier alpha value is -2.95. The Morgan fingerprint density at radius 1 is 1.17 bits per heavy atom. The van der Waals surface area contributed by atoms with Gasteiger partial charge < -0.3 is 19.7 Å². The van der Waals surface area contributed by atoms with E-state index in [4.69, 9.17) is 21.1 Å². The Labute approximate surface area is 223 Å². The molecule has 1 saturated heterocycles. The molecule has 1 fully saturated rings. The molecule has 11 heteroatoms. The Morgan fingerprint density at radius 3 is 2.53 bits per heavy atom. The second-order valence-electron chi connectivity index (χ2n) is 8.40. The molecule has 0 saturated carbocycles. The van der Waals surface area contributed by atoms with Crippen molar-refractivity contribution in [3.8, 4) is 5.75 Å². The van der Waals surface area contributed by atoms with Crippen LogP contribution in [0.2, 0.25) is 5.02 Å². The molecule has 1 heterocycles. The molecular weight excluding hydrogens is 552 g/mol. The third kappa shape index (κ3) is 8.04. The highest BCUT2D eigenvalue weighted by Gasteiger charge is 2.24. The van der Waals surface area contributed by atoms with Crippen molar-refractivity contribution in [2.45, 2.75) is 19.9 Å². The van der Waals surface area contributed by atoms with Gasteiger partial charge >= 0.3 is 0 Å². The van der Waals surface area contributed by atoms with Crippen molar-refractivity contribution in [2.75, 3.05) is 32.9 Å². The van der Waals surface area contributed by atoms with Crippen LogP contribution in [-0.2, 0) is 14.3 Å². The summed E-state index contributed by atoms with van der Waals surface area (Å²) < 4.78 is 11.8. The third-order valence-corrected chi connectivity index (χ3v) is 6.15. The predicted molar refractivity (Wildman–Crippen MR) is 140 cm³/mol. The lowest BCUT2D eigenvalue weighted by molar-refractivity contribution is -0.137. The van der Waals surface area contributed by atoms with Gasteiger partial charge in [-0.25, -0.2) is 5.43 Å². The summed E-state index contributed by atoms with van der Waals surface area (Å²) in [6, 6.07) is 10.8. The normalized spacial score (nSPS) is 14.5. The average molecular weight is 580 g/mol. The van der Waals surface area contributed by atoms with E-state index in [1.165, 1.54) is 6.21 Å². The van der Waals surface area contributed by atoms with Crippen LogP contribution >= 0.6 is 27.5 Å². The van der Waals surface area contributed by atoms with Crippen molar-refractivity contribution in [3.63, 3.8) is 0 Å². The van der Waals surface area contributed by atoms with Crippen LogP contribution in [0.3, 0.4) is 0 Å². The van der Waals surface area contributed by atoms with E-state index in [9.17, 15) is 14.4 Å². The van der Waals surface area contributed by atoms with Crippen LogP contribution in [0.15, 0.2) is 52.0 Å². The summed E-state index contributed by atoms with van der Waals surface area (Å²) in [5.74, 6) is -0.740. The molecule has 0 aromatic heterocycles. The zero-order valence-electron chi connectivity index (χ0n) is 20.0. The summed E-state index contributed by atoms with van der Waals surface area (Å²) in [5, 5.41) is 7.30. The zero-order valence-corrected chi connectivity index (χ0v) is 22.3. The fourth-order valence-corrected chi connectivity index (χ4v) is 3.90. The van der Waals surface area contributed by atoms with Gasteiger partial charge in [-0.05, 0) is 48.4 Å². The zero-order chi connectivity index (χ0) is 26.1. The van der Waals surface area contributed by atoms with Crippen molar-refractivity contribution in [2.24, 2.45) is 11.0 Å². The van der Waals surface area contributed by atoms with Crippen molar-refractivity contribution >= 4 is 51.5 Å². The molecule has 2 aromatic carbocycles. The number of nitrogens with one attached hydrogen (secondary N) is 2. The van der Waals surface area contributed by atoms with Gasteiger partial charge in [0.15, 0.2) is 6.61 Å². The number of morpholine rings is 1. The molecular formula is C25H28BrClN4O5. The first-order chi connectivity index (χ1) is 17.2. The van der Waals surface area contributed by atoms with E-state index < -0.39 is 17.9 Å². The summed E-state index contributed by atoms with van der Waals surface area (Å²) in [4.78, 5) is 39.4. The van der Waals surface area contributed by atoms with Gasteiger partial charge in [-0.3, -0.25) is 14.4 Å². The van der Waals surface area contributed by atoms with Crippen molar-refractivity contribution < 1.29 is 23.9 Å². The fourth-order valence-electron chi connectivity index (χ4n) is 3.39. The molecule has 1 atom stereocenters. The molecule has 9 nitrogen and oxygen atoms in total. The maximum Gasteiger partial charge on any atom is 0.262 e. The number of ether oxygens (including phenoxy) is 2. The fraction of sp³-hybridized carbons (Fsp3) is 0.360. The molecule has 36 heavy (non-hydrogen) atoms. The molecule has 0 bridgehead atoms. The van der Waals surface area contributed by atoms with Crippen molar-refractivity contribution in [1.82, 2.24) is 15.6 Å². The van der Waals surface area contributed by atoms with Crippen molar-refractivity contribution in [1.29, 1.82) is 0 Å². The maximum atomic E-state index is 12.8. The minimum Gasteiger partial charge on any atom is -0.483 e. The Balaban J connectivity index is 1.61. The summed E-state index contributed by atoms with van der Waals surface area (Å²) in [6.45, 7) is 5.62. The molecule has 1 unspecified atom stereocenters. The Morgan fingerprint density at radius 2 is 1.86 bits per heavy atom. The highest BCUT2D eigenvalue weighted by atomic mass is 79.9. The van der Waals surface area contributed by atoms with E-state index in [0.29, 0.717) is 48.2 Å². The number of amides is 3. The maximum absolute atomic E-state index is 12.8. The first-order valence-electron chi connectivity index (χ1n) is 11.4. The number of halogens is 2. The number of hydrogen-bond donors (Lipinski definition) is 2. The monoisotopic (exact) mass is 578 g/mol. The van der Waals surface area contributed by atoms with E-state index in [0.717, 1.165) is 4.47 Å². The van der Waals surface area contributed by atoms with Gasteiger partial charge in [0.1, 0.15) is 11.8 Å². The lowest BCUT2D eigenvalue weighted by Gasteiger charge is -2.26. The lowest BCUT2D eigenvalue weighted by Crippen LogP contribution is -2.48. The van der Waals surface area contributed by atoms with Crippen LogP contribution in [-0.4, -0.2) is 67.8 Å². The molecule has 2 N–H and O–H groups in total. The highest BCUT2D eigenvalue weighted by Crippen LogP contribution is 2.22. The van der Waals surface area contributed by atoms with E-state index >= 15 is 0 Å². The van der Waals surface area contributed by atoms with Crippen LogP contribution in [0.1, 0.15) is 29.8 Å². The minimum atomic E-state index is -0.810. The van der Waals surface area contributed by atoms with E-state index in [2.05, 4.69) is 31.8 Å². The lowest BCUT2D eigenvalue weighted by atomic mass is 10.0. The van der Waals surface area contributed by atoms with Crippen LogP contribution in [0.5, 0.6) is 5.75 Å². The molecule has 2 aromatic rings. The number of benzene rings is 2. The number of hydrogen-bond acceptors (Lipinski definition) is 6. The standard InChI is InChI=1S/C25H28BrClN4O5/c1-16(2)23(29-24(33)17-3-6-20(27)7-4-17)25(34)30-28-14-18-13-19(26)5-8-21(18)36-15-22(32)31-9-11-35-12-10-31/h3-8,13-14,16,23H,9-12,15H2,1-2H3,(H,29,33)(H,30,34)/b28-14-. The summed E-state index contributed by atoms with van der Waals surface area (Å²) in [6.07, 6.45) is 1.43. The molecule has 192 valence electrons. The molecule has 0 spiro atoms. The smallest absolute Gasteiger partial charge is 0.262 e. The summed E-state index contributed by atoms with van der Waals surface area (Å²) in [5.41, 5.74) is 3.43. The van der Waals surface area contributed by atoms with Gasteiger partial charge in [-0.2, -0.15) is 5.10 Å². The number of rotatable bonds is 9. The number of carbonyl (C=O) groups excluding carboxylic acids is 3. The molecule has 3 amide bonds. The third-order valence-electron chi connectivity index (χ3n) is 5.41. The minimum absolute atomic E-state index is 0.124. The predicted octanol–water partition coefficient (Wildman–Crippen LogP) is 3.24. The Bertz CT molecular complexity index is 1100. The van der Waals surface area contributed by atoms with Crippen LogP contribution in [0.25, 0.3) is 0 Å². The molecule has 0 aliphatic carbocycles. The van der Waals surface area contributed by atoms with Crippen molar-refractivity contribution in [3.05, 3.63) is 63.1 Å². The quantitative estimate of drug-likeness (QED) is 0.350. The highest BCUT2D eigenvalue weighted by molar-refractivity contribution is 9.10. The van der Waals surface area contributed by atoms with Gasteiger partial charge in [0.05, 0.1) is 19.4 Å². The molecule has 1 aliphatic rings. The second kappa shape index (κ2) is 13.4. The second-order valence-corrected chi connectivity index (χ2v) is 9.75. The summed E-state index contributed by atoms with van der Waals surface area (Å²) in [7, 11) is 0. The van der Waals surface area contributed by atoms with Crippen LogP contribution < -0.4 is 15.5 Å². The first-order valence-corrected chi connectivity index (χ1v) is 12.6. The summed E-state index contributed by atoms with van der Waals surface area (Å²) >= 11 is 9.28. The van der Waals surface area contributed by atoms with Gasteiger partial charge in [0.2, 0.25) is 0 Å². The van der Waals surface area contributed by atoms with E-state index in [1.807, 2.05) is 13.8 Å². The molecule has 1 aliphatic heterocycles. The van der Waals surface area contributed by atoms with E-state index in [-0.39, 0.29) is 18.4 Å². The van der Waals surface area contributed by atoms with Gasteiger partial charge in [-0.1, -0.05) is 41.4 Å². The van der Waals surface area contributed by atoms with E-state index in [1.54, 1.807) is 47.4 Å². The molecule has 3 rings (SSSR count). The van der Waals surface area contributed by atoms with Gasteiger partial charge in [0, 0.05) is 33.7 Å². The average Bonchev–Trinajstić information content (AvgIpc) is 2.87. The number of hydrazone groups is 1. The number of carbonyl (C=O) groups is 3.